The second-order valence-corrected chi connectivity index (χ2v) is 5.28. The molecular formula is C13H11ClO2S. The molecule has 1 aromatic heterocycles. The van der Waals surface area contributed by atoms with E-state index in [1.54, 1.807) is 31.4 Å². The number of ether oxygens (including phenoxy) is 1. The van der Waals surface area contributed by atoms with Crippen LogP contribution in [-0.2, 0) is 0 Å². The van der Waals surface area contributed by atoms with E-state index in [2.05, 4.69) is 0 Å². The van der Waals surface area contributed by atoms with Gasteiger partial charge >= 0.3 is 0 Å². The van der Waals surface area contributed by atoms with Gasteiger partial charge in [0.1, 0.15) is 5.75 Å². The van der Waals surface area contributed by atoms with Crippen molar-refractivity contribution in [2.24, 2.45) is 0 Å². The number of carbonyl (C=O) groups is 1. The zero-order chi connectivity index (χ0) is 12.4. The van der Waals surface area contributed by atoms with Gasteiger partial charge < -0.3 is 4.74 Å². The summed E-state index contributed by atoms with van der Waals surface area (Å²) < 4.78 is 5.72. The first-order chi connectivity index (χ1) is 8.11. The molecule has 0 aliphatic heterocycles. The minimum atomic E-state index is -0.00680. The van der Waals surface area contributed by atoms with Crippen LogP contribution in [0.5, 0.6) is 5.75 Å². The fourth-order valence-corrected chi connectivity index (χ4v) is 2.62. The van der Waals surface area contributed by atoms with E-state index in [4.69, 9.17) is 16.3 Å². The highest BCUT2D eigenvalue weighted by molar-refractivity contribution is 7.18. The van der Waals surface area contributed by atoms with E-state index in [9.17, 15) is 4.79 Å². The maximum atomic E-state index is 12.1. The Kier molecular flexibility index (Phi) is 3.50. The van der Waals surface area contributed by atoms with Gasteiger partial charge in [0.15, 0.2) is 0 Å². The van der Waals surface area contributed by atoms with Crippen LogP contribution in [0.2, 0.25) is 4.34 Å². The van der Waals surface area contributed by atoms with Gasteiger partial charge in [-0.2, -0.15) is 0 Å². The van der Waals surface area contributed by atoms with Gasteiger partial charge in [0.25, 0.3) is 0 Å². The van der Waals surface area contributed by atoms with Gasteiger partial charge in [-0.05, 0) is 42.8 Å². The summed E-state index contributed by atoms with van der Waals surface area (Å²) in [4.78, 5) is 12.8. The van der Waals surface area contributed by atoms with Crippen LogP contribution in [0.15, 0.2) is 30.3 Å². The van der Waals surface area contributed by atoms with E-state index < -0.39 is 0 Å². The molecule has 1 aromatic carbocycles. The quantitative estimate of drug-likeness (QED) is 0.787. The Morgan fingerprint density at radius 2 is 1.94 bits per heavy atom. The van der Waals surface area contributed by atoms with Crippen LogP contribution in [0.4, 0.5) is 0 Å². The number of ketones is 1. The second kappa shape index (κ2) is 4.90. The fraction of sp³-hybridized carbons (Fsp3) is 0.154. The third-order valence-electron chi connectivity index (χ3n) is 2.43. The maximum Gasteiger partial charge on any atom is 0.203 e. The van der Waals surface area contributed by atoms with Crippen LogP contribution < -0.4 is 4.74 Å². The topological polar surface area (TPSA) is 26.3 Å². The Morgan fingerprint density at radius 1 is 1.29 bits per heavy atom. The molecule has 0 saturated heterocycles. The van der Waals surface area contributed by atoms with Gasteiger partial charge in [0, 0.05) is 5.56 Å². The molecule has 17 heavy (non-hydrogen) atoms. The summed E-state index contributed by atoms with van der Waals surface area (Å²) in [5, 5.41) is 0. The third kappa shape index (κ3) is 2.51. The zero-order valence-corrected chi connectivity index (χ0v) is 11.1. The molecule has 0 spiro atoms. The minimum absolute atomic E-state index is 0.00680. The number of methoxy groups -OCH3 is 1. The molecular weight excluding hydrogens is 256 g/mol. The van der Waals surface area contributed by atoms with Gasteiger partial charge in [0.2, 0.25) is 5.78 Å². The number of thiophene rings is 1. The number of halogens is 1. The molecule has 4 heteroatoms. The van der Waals surface area contributed by atoms with Crippen LogP contribution in [0.1, 0.15) is 20.8 Å². The third-order valence-corrected chi connectivity index (χ3v) is 3.99. The monoisotopic (exact) mass is 266 g/mol. The average molecular weight is 267 g/mol. The Balaban J connectivity index is 2.30. The van der Waals surface area contributed by atoms with E-state index in [1.807, 2.05) is 13.0 Å². The molecule has 0 N–H and O–H groups in total. The molecule has 0 saturated carbocycles. The molecule has 0 bridgehead atoms. The Morgan fingerprint density at radius 3 is 2.41 bits per heavy atom. The second-order valence-electron chi connectivity index (χ2n) is 3.62. The number of rotatable bonds is 3. The highest BCUT2D eigenvalue weighted by atomic mass is 35.5. The van der Waals surface area contributed by atoms with Gasteiger partial charge in [-0.3, -0.25) is 4.79 Å². The van der Waals surface area contributed by atoms with Gasteiger partial charge in [-0.1, -0.05) is 11.6 Å². The van der Waals surface area contributed by atoms with Crippen LogP contribution >= 0.6 is 22.9 Å². The average Bonchev–Trinajstić information content (AvgIpc) is 2.69. The van der Waals surface area contributed by atoms with Crippen molar-refractivity contribution >= 4 is 28.7 Å². The molecule has 1 heterocycles. The minimum Gasteiger partial charge on any atom is -0.497 e. The first-order valence-corrected chi connectivity index (χ1v) is 6.26. The molecule has 0 amide bonds. The van der Waals surface area contributed by atoms with E-state index >= 15 is 0 Å². The SMILES string of the molecule is COc1ccc(C(=O)c2cc(C)c(Cl)s2)cc1. The van der Waals surface area contributed by atoms with E-state index in [0.29, 0.717) is 14.8 Å². The summed E-state index contributed by atoms with van der Waals surface area (Å²) in [5.74, 6) is 0.731. The van der Waals surface area contributed by atoms with Gasteiger partial charge in [-0.15, -0.1) is 11.3 Å². The maximum absolute atomic E-state index is 12.1. The van der Waals surface area contributed by atoms with Gasteiger partial charge in [0.05, 0.1) is 16.3 Å². The molecule has 2 aromatic rings. The Hall–Kier alpha value is -1.32. The van der Waals surface area contributed by atoms with Crippen molar-refractivity contribution in [1.29, 1.82) is 0 Å². The molecule has 0 fully saturated rings. The molecule has 0 aliphatic carbocycles. The predicted molar refractivity (Wildman–Crippen MR) is 70.5 cm³/mol. The Bertz CT molecular complexity index is 524. The van der Waals surface area contributed by atoms with Crippen molar-refractivity contribution < 1.29 is 9.53 Å². The van der Waals surface area contributed by atoms with Crippen molar-refractivity contribution in [2.45, 2.75) is 6.92 Å². The van der Waals surface area contributed by atoms with Gasteiger partial charge in [-0.25, -0.2) is 0 Å². The highest BCUT2D eigenvalue weighted by Crippen LogP contribution is 2.28. The van der Waals surface area contributed by atoms with E-state index in [-0.39, 0.29) is 5.78 Å². The van der Waals surface area contributed by atoms with Crippen molar-refractivity contribution in [1.82, 2.24) is 0 Å². The van der Waals surface area contributed by atoms with E-state index in [0.717, 1.165) is 11.3 Å². The van der Waals surface area contributed by atoms with Crippen LogP contribution in [0.3, 0.4) is 0 Å². The summed E-state index contributed by atoms with van der Waals surface area (Å²) >= 11 is 7.27. The molecule has 0 aliphatic rings. The number of aryl methyl sites for hydroxylation is 1. The summed E-state index contributed by atoms with van der Waals surface area (Å²) in [7, 11) is 1.60. The summed E-state index contributed by atoms with van der Waals surface area (Å²) in [5.41, 5.74) is 1.58. The smallest absolute Gasteiger partial charge is 0.203 e. The molecule has 88 valence electrons. The molecule has 0 unspecified atom stereocenters. The lowest BCUT2D eigenvalue weighted by Crippen LogP contribution is -1.98. The van der Waals surface area contributed by atoms with Crippen LogP contribution in [0, 0.1) is 6.92 Å². The Labute approximate surface area is 109 Å². The summed E-state index contributed by atoms with van der Waals surface area (Å²) in [6, 6.07) is 8.87. The standard InChI is InChI=1S/C13H11ClO2S/c1-8-7-11(17-13(8)14)12(15)9-3-5-10(16-2)6-4-9/h3-7H,1-2H3. The summed E-state index contributed by atoms with van der Waals surface area (Å²) in [6.45, 7) is 1.89. The first-order valence-electron chi connectivity index (χ1n) is 5.06. The van der Waals surface area contributed by atoms with Crippen LogP contribution in [-0.4, -0.2) is 12.9 Å². The lowest BCUT2D eigenvalue weighted by atomic mass is 10.1. The first kappa shape index (κ1) is 12.1. The molecule has 0 radical (unpaired) electrons. The van der Waals surface area contributed by atoms with Crippen molar-refractivity contribution in [3.05, 3.63) is 50.7 Å². The zero-order valence-electron chi connectivity index (χ0n) is 9.49. The molecule has 2 nitrogen and oxygen atoms in total. The highest BCUT2D eigenvalue weighted by Gasteiger charge is 2.13. The molecule has 0 atom stereocenters. The molecule has 2 rings (SSSR count). The lowest BCUT2D eigenvalue weighted by molar-refractivity contribution is 0.104. The number of hydrogen-bond acceptors (Lipinski definition) is 3. The fourth-order valence-electron chi connectivity index (χ4n) is 1.46. The van der Waals surface area contributed by atoms with Crippen molar-refractivity contribution in [3.8, 4) is 5.75 Å². The summed E-state index contributed by atoms with van der Waals surface area (Å²) in [6.07, 6.45) is 0. The largest absolute Gasteiger partial charge is 0.497 e. The van der Waals surface area contributed by atoms with Crippen LogP contribution in [0.25, 0.3) is 0 Å². The number of carbonyl (C=O) groups excluding carboxylic acids is 1. The normalized spacial score (nSPS) is 10.3. The van der Waals surface area contributed by atoms with E-state index in [1.165, 1.54) is 11.3 Å². The lowest BCUT2D eigenvalue weighted by Gasteiger charge is -2.01. The van der Waals surface area contributed by atoms with Crippen molar-refractivity contribution in [2.75, 3.05) is 7.11 Å². The number of hydrogen-bond donors (Lipinski definition) is 0. The predicted octanol–water partition coefficient (Wildman–Crippen LogP) is 3.95. The van der Waals surface area contributed by atoms with Crippen molar-refractivity contribution in [3.63, 3.8) is 0 Å². The number of benzene rings is 1.